The third kappa shape index (κ3) is 3.72. The first-order valence-corrected chi connectivity index (χ1v) is 6.44. The van der Waals surface area contributed by atoms with Gasteiger partial charge in [0.15, 0.2) is 0 Å². The Balaban J connectivity index is 2.78. The van der Waals surface area contributed by atoms with E-state index in [-0.39, 0.29) is 0 Å². The summed E-state index contributed by atoms with van der Waals surface area (Å²) in [7, 11) is 2.07. The second-order valence-electron chi connectivity index (χ2n) is 3.59. The largest absolute Gasteiger partial charge is 0.359 e. The van der Waals surface area contributed by atoms with E-state index in [2.05, 4.69) is 29.3 Å². The van der Waals surface area contributed by atoms with Gasteiger partial charge in [0.2, 0.25) is 0 Å². The molecule has 0 spiro atoms. The molecule has 0 bridgehead atoms. The molecule has 84 valence electrons. The van der Waals surface area contributed by atoms with Crippen LogP contribution in [0.1, 0.15) is 11.3 Å². The zero-order valence-electron chi connectivity index (χ0n) is 9.66. The van der Waals surface area contributed by atoms with Crippen molar-refractivity contribution in [3.63, 3.8) is 0 Å². The number of nitrogens with zero attached hydrogens (tertiary/aromatic N) is 2. The molecule has 1 heterocycles. The maximum atomic E-state index is 5.64. The van der Waals surface area contributed by atoms with Crippen LogP contribution < -0.4 is 10.6 Å². The lowest BCUT2D eigenvalue weighted by Gasteiger charge is -2.18. The van der Waals surface area contributed by atoms with Gasteiger partial charge in [-0.15, -0.1) is 0 Å². The summed E-state index contributed by atoms with van der Waals surface area (Å²) >= 11 is 1.84. The van der Waals surface area contributed by atoms with E-state index in [0.29, 0.717) is 6.54 Å². The molecule has 0 saturated heterocycles. The Hall–Kier alpha value is -0.740. The van der Waals surface area contributed by atoms with Crippen LogP contribution in [0.4, 0.5) is 5.82 Å². The van der Waals surface area contributed by atoms with Gasteiger partial charge < -0.3 is 10.6 Å². The fraction of sp³-hybridized carbons (Fsp3) is 0.545. The van der Waals surface area contributed by atoms with E-state index >= 15 is 0 Å². The highest BCUT2D eigenvalue weighted by atomic mass is 32.2. The highest BCUT2D eigenvalue weighted by Crippen LogP contribution is 2.13. The lowest BCUT2D eigenvalue weighted by atomic mass is 10.2. The second kappa shape index (κ2) is 5.98. The highest BCUT2D eigenvalue weighted by Gasteiger charge is 2.04. The van der Waals surface area contributed by atoms with Gasteiger partial charge in [-0.05, 0) is 30.9 Å². The molecule has 15 heavy (non-hydrogen) atoms. The van der Waals surface area contributed by atoms with Crippen LogP contribution in [0.5, 0.6) is 0 Å². The summed E-state index contributed by atoms with van der Waals surface area (Å²) in [5, 5.41) is 0. The Morgan fingerprint density at radius 1 is 1.47 bits per heavy atom. The Kier molecular flexibility index (Phi) is 4.91. The number of aromatic nitrogens is 1. The van der Waals surface area contributed by atoms with Crippen molar-refractivity contribution in [3.05, 3.63) is 23.4 Å². The molecular weight excluding hydrogens is 206 g/mol. The van der Waals surface area contributed by atoms with Gasteiger partial charge in [-0.3, -0.25) is 0 Å². The molecule has 0 aliphatic carbocycles. The van der Waals surface area contributed by atoms with Crippen LogP contribution in [0.3, 0.4) is 0 Å². The van der Waals surface area contributed by atoms with E-state index in [9.17, 15) is 0 Å². The van der Waals surface area contributed by atoms with Gasteiger partial charge >= 0.3 is 0 Å². The van der Waals surface area contributed by atoms with Crippen LogP contribution in [0.25, 0.3) is 0 Å². The van der Waals surface area contributed by atoms with Crippen LogP contribution in [-0.2, 0) is 6.54 Å². The van der Waals surface area contributed by atoms with Crippen molar-refractivity contribution in [3.8, 4) is 0 Å². The minimum atomic E-state index is 0.576. The fourth-order valence-corrected chi connectivity index (χ4v) is 1.83. The molecule has 1 rings (SSSR count). The maximum Gasteiger partial charge on any atom is 0.128 e. The highest BCUT2D eigenvalue weighted by molar-refractivity contribution is 7.98. The predicted octanol–water partition coefficient (Wildman–Crippen LogP) is 1.65. The van der Waals surface area contributed by atoms with Gasteiger partial charge in [-0.2, -0.15) is 11.8 Å². The summed E-state index contributed by atoms with van der Waals surface area (Å²) in [4.78, 5) is 6.67. The zero-order valence-corrected chi connectivity index (χ0v) is 10.5. The number of hydrogen-bond acceptors (Lipinski definition) is 4. The first kappa shape index (κ1) is 12.3. The first-order valence-electron chi connectivity index (χ1n) is 5.05. The lowest BCUT2D eigenvalue weighted by Crippen LogP contribution is -2.21. The van der Waals surface area contributed by atoms with Crippen LogP contribution in [0.2, 0.25) is 0 Å². The molecule has 0 unspecified atom stereocenters. The topological polar surface area (TPSA) is 42.1 Å². The quantitative estimate of drug-likeness (QED) is 0.827. The maximum absolute atomic E-state index is 5.64. The number of pyridine rings is 1. The fourth-order valence-electron chi connectivity index (χ4n) is 1.38. The molecule has 0 amide bonds. The Morgan fingerprint density at radius 3 is 2.80 bits per heavy atom. The van der Waals surface area contributed by atoms with Crippen LogP contribution in [-0.4, -0.2) is 30.6 Å². The van der Waals surface area contributed by atoms with Crippen LogP contribution in [0, 0.1) is 6.92 Å². The number of rotatable bonds is 5. The average Bonchev–Trinajstić information content (AvgIpc) is 2.24. The molecule has 1 aromatic heterocycles. The van der Waals surface area contributed by atoms with E-state index in [1.54, 1.807) is 0 Å². The monoisotopic (exact) mass is 225 g/mol. The van der Waals surface area contributed by atoms with Crippen molar-refractivity contribution in [2.75, 3.05) is 30.5 Å². The Bertz CT molecular complexity index is 315. The van der Waals surface area contributed by atoms with E-state index in [1.807, 2.05) is 24.8 Å². The molecule has 0 aliphatic rings. The summed E-state index contributed by atoms with van der Waals surface area (Å²) in [6, 6.07) is 4.10. The molecule has 0 saturated carbocycles. The number of anilines is 1. The van der Waals surface area contributed by atoms with E-state index in [0.717, 1.165) is 29.4 Å². The smallest absolute Gasteiger partial charge is 0.128 e. The van der Waals surface area contributed by atoms with Crippen molar-refractivity contribution < 1.29 is 0 Å². The van der Waals surface area contributed by atoms with E-state index in [1.165, 1.54) is 0 Å². The minimum Gasteiger partial charge on any atom is -0.359 e. The van der Waals surface area contributed by atoms with Crippen LogP contribution in [0.15, 0.2) is 12.1 Å². The number of hydrogen-bond donors (Lipinski definition) is 1. The molecular formula is C11H19N3S. The van der Waals surface area contributed by atoms with Crippen molar-refractivity contribution >= 4 is 17.6 Å². The van der Waals surface area contributed by atoms with Crippen molar-refractivity contribution in [2.24, 2.45) is 5.73 Å². The third-order valence-corrected chi connectivity index (χ3v) is 2.85. The summed E-state index contributed by atoms with van der Waals surface area (Å²) in [5.74, 6) is 2.13. The van der Waals surface area contributed by atoms with Gasteiger partial charge in [0.05, 0.1) is 0 Å². The van der Waals surface area contributed by atoms with Gasteiger partial charge in [-0.1, -0.05) is 0 Å². The summed E-state index contributed by atoms with van der Waals surface area (Å²) in [6.07, 6.45) is 2.11. The summed E-state index contributed by atoms with van der Waals surface area (Å²) in [6.45, 7) is 3.60. The molecule has 3 nitrogen and oxygen atoms in total. The Morgan fingerprint density at radius 2 is 2.20 bits per heavy atom. The summed E-state index contributed by atoms with van der Waals surface area (Å²) < 4.78 is 0. The zero-order chi connectivity index (χ0) is 11.3. The lowest BCUT2D eigenvalue weighted by molar-refractivity contribution is 0.927. The van der Waals surface area contributed by atoms with Gasteiger partial charge in [0.25, 0.3) is 0 Å². The molecule has 4 heteroatoms. The van der Waals surface area contributed by atoms with Crippen molar-refractivity contribution in [1.82, 2.24) is 4.98 Å². The standard InChI is InChI=1S/C11H19N3S/c1-9-6-10(8-12)7-11(13-9)14(2)4-5-15-3/h6-7H,4-5,8,12H2,1-3H3. The number of nitrogens with two attached hydrogens (primary N) is 1. The minimum absolute atomic E-state index is 0.576. The summed E-state index contributed by atoms with van der Waals surface area (Å²) in [5.41, 5.74) is 7.82. The molecule has 0 radical (unpaired) electrons. The number of aryl methyl sites for hydroxylation is 1. The molecule has 0 aromatic carbocycles. The van der Waals surface area contributed by atoms with Gasteiger partial charge in [0, 0.05) is 31.6 Å². The molecule has 1 aromatic rings. The van der Waals surface area contributed by atoms with Gasteiger partial charge in [0.1, 0.15) is 5.82 Å². The molecule has 2 N–H and O–H groups in total. The van der Waals surface area contributed by atoms with E-state index in [4.69, 9.17) is 5.73 Å². The third-order valence-electron chi connectivity index (χ3n) is 2.26. The van der Waals surface area contributed by atoms with E-state index < -0.39 is 0 Å². The molecule has 0 atom stereocenters. The number of thioether (sulfide) groups is 1. The Labute approximate surface area is 96.1 Å². The average molecular weight is 225 g/mol. The molecule has 0 fully saturated rings. The first-order chi connectivity index (χ1) is 7.17. The predicted molar refractivity (Wildman–Crippen MR) is 68.5 cm³/mol. The van der Waals surface area contributed by atoms with Crippen molar-refractivity contribution in [1.29, 1.82) is 0 Å². The van der Waals surface area contributed by atoms with Crippen molar-refractivity contribution in [2.45, 2.75) is 13.5 Å². The molecule has 0 aliphatic heterocycles. The SMILES string of the molecule is CSCCN(C)c1cc(CN)cc(C)n1. The van der Waals surface area contributed by atoms with Crippen LogP contribution >= 0.6 is 11.8 Å². The normalized spacial score (nSPS) is 10.4. The van der Waals surface area contributed by atoms with Gasteiger partial charge in [-0.25, -0.2) is 4.98 Å². The second-order valence-corrected chi connectivity index (χ2v) is 4.58.